The van der Waals surface area contributed by atoms with E-state index in [1.54, 1.807) is 50.8 Å². The summed E-state index contributed by atoms with van der Waals surface area (Å²) in [7, 11) is 0. The summed E-state index contributed by atoms with van der Waals surface area (Å²) in [5, 5.41) is 0. The molecule has 54 heavy (non-hydrogen) atoms. The van der Waals surface area contributed by atoms with Crippen LogP contribution in [0.25, 0.3) is 11.1 Å². The summed E-state index contributed by atoms with van der Waals surface area (Å²) in [4.78, 5) is 44.1. The van der Waals surface area contributed by atoms with Gasteiger partial charge in [-0.2, -0.15) is 0 Å². The van der Waals surface area contributed by atoms with Crippen LogP contribution in [-0.2, 0) is 9.59 Å². The van der Waals surface area contributed by atoms with Crippen molar-refractivity contribution < 1.29 is 23.5 Å². The normalized spacial score (nSPS) is 15.2. The summed E-state index contributed by atoms with van der Waals surface area (Å²) < 4.78 is 25.9. The number of anilines is 2. The van der Waals surface area contributed by atoms with Crippen molar-refractivity contribution in [2.75, 3.05) is 36.0 Å². The summed E-state index contributed by atoms with van der Waals surface area (Å²) >= 11 is 3.33. The van der Waals surface area contributed by atoms with E-state index in [1.165, 1.54) is 12.1 Å². The summed E-state index contributed by atoms with van der Waals surface area (Å²) in [5.41, 5.74) is 4.04. The van der Waals surface area contributed by atoms with Crippen LogP contribution in [0.2, 0.25) is 0 Å². The molecule has 7 rings (SSSR count). The standard InChI is InChI=1S/C24H24FN3O2.C18H20BrN3O2/c1-16(11-17(2)29)18-5-9-22(10-6-18)30-23-14-28(15-23)24-26-12-20(13-27-24)19-3-7-21(25)8-4-19;1-12(7-13(2)23)14-3-5-16(6-4-14)24-17-10-22(11-17)18-20-8-15(19)9-21-18/h3-10,12-13,16,23H,11,14-15H2,1-2H3;3-6,8-9,12,17H,7,10-11H2,1-2H3/t16-;12-/m11/s1. The lowest BCUT2D eigenvalue weighted by Gasteiger charge is -2.38. The van der Waals surface area contributed by atoms with Crippen molar-refractivity contribution >= 4 is 39.4 Å². The first-order valence-electron chi connectivity index (χ1n) is 18.1. The third-order valence-corrected chi connectivity index (χ3v) is 9.78. The first-order valence-corrected chi connectivity index (χ1v) is 18.9. The molecule has 0 unspecified atom stereocenters. The van der Waals surface area contributed by atoms with Gasteiger partial charge in [0.1, 0.15) is 41.1 Å². The van der Waals surface area contributed by atoms with Gasteiger partial charge >= 0.3 is 0 Å². The van der Waals surface area contributed by atoms with Gasteiger partial charge in [0.2, 0.25) is 11.9 Å². The highest BCUT2D eigenvalue weighted by atomic mass is 79.9. The maximum absolute atomic E-state index is 13.1. The van der Waals surface area contributed by atoms with Crippen LogP contribution in [0.1, 0.15) is 63.5 Å². The van der Waals surface area contributed by atoms with Crippen molar-refractivity contribution in [3.63, 3.8) is 0 Å². The number of benzene rings is 3. The van der Waals surface area contributed by atoms with Crippen molar-refractivity contribution in [3.8, 4) is 22.6 Å². The van der Waals surface area contributed by atoms with Crippen LogP contribution >= 0.6 is 15.9 Å². The van der Waals surface area contributed by atoms with Gasteiger partial charge in [-0.3, -0.25) is 0 Å². The van der Waals surface area contributed by atoms with Crippen molar-refractivity contribution in [1.29, 1.82) is 0 Å². The van der Waals surface area contributed by atoms with E-state index in [4.69, 9.17) is 9.47 Å². The minimum Gasteiger partial charge on any atom is -0.487 e. The highest BCUT2D eigenvalue weighted by Crippen LogP contribution is 2.28. The van der Waals surface area contributed by atoms with Crippen molar-refractivity contribution in [1.82, 2.24) is 19.9 Å². The molecule has 0 bridgehead atoms. The second-order valence-corrected chi connectivity index (χ2v) is 14.9. The average Bonchev–Trinajstić information content (AvgIpc) is 3.12. The van der Waals surface area contributed by atoms with E-state index < -0.39 is 0 Å². The number of carbonyl (C=O) groups excluding carboxylic acids is 2. The molecule has 2 aliphatic rings. The Morgan fingerprint density at radius 2 is 1.04 bits per heavy atom. The Balaban J connectivity index is 0.000000189. The molecule has 5 aromatic rings. The monoisotopic (exact) mass is 794 g/mol. The van der Waals surface area contributed by atoms with Crippen LogP contribution in [0.5, 0.6) is 11.5 Å². The van der Waals surface area contributed by atoms with Crippen LogP contribution in [0.3, 0.4) is 0 Å². The molecule has 2 saturated heterocycles. The van der Waals surface area contributed by atoms with E-state index in [0.717, 1.165) is 70.4 Å². The highest BCUT2D eigenvalue weighted by molar-refractivity contribution is 9.10. The van der Waals surface area contributed by atoms with E-state index in [-0.39, 0.29) is 41.4 Å². The second-order valence-electron chi connectivity index (χ2n) is 14.0. The zero-order valence-electron chi connectivity index (χ0n) is 30.9. The lowest BCUT2D eigenvalue weighted by Crippen LogP contribution is -2.54. The Kier molecular flexibility index (Phi) is 12.6. The molecule has 0 amide bonds. The lowest BCUT2D eigenvalue weighted by atomic mass is 9.96. The fourth-order valence-electron chi connectivity index (χ4n) is 6.33. The van der Waals surface area contributed by atoms with Crippen molar-refractivity contribution in [2.24, 2.45) is 0 Å². The van der Waals surface area contributed by atoms with Crippen molar-refractivity contribution in [2.45, 2.75) is 64.6 Å². The van der Waals surface area contributed by atoms with Crippen LogP contribution in [0.4, 0.5) is 16.3 Å². The van der Waals surface area contributed by atoms with Crippen LogP contribution in [0, 0.1) is 5.82 Å². The third-order valence-electron chi connectivity index (χ3n) is 9.38. The highest BCUT2D eigenvalue weighted by Gasteiger charge is 2.31. The first-order chi connectivity index (χ1) is 26.0. The molecule has 2 atom stereocenters. The molecule has 0 radical (unpaired) electrons. The average molecular weight is 796 g/mol. The maximum atomic E-state index is 13.1. The largest absolute Gasteiger partial charge is 0.487 e. The topological polar surface area (TPSA) is 111 Å². The minimum atomic E-state index is -0.261. The fourth-order valence-corrected chi connectivity index (χ4v) is 6.53. The van der Waals surface area contributed by atoms with Gasteiger partial charge in [0.05, 0.1) is 30.7 Å². The number of hydrogen-bond donors (Lipinski definition) is 0. The number of hydrogen-bond acceptors (Lipinski definition) is 10. The number of Topliss-reactive ketones (excluding diaryl/α,β-unsaturated/α-hetero) is 2. The molecule has 10 nitrogen and oxygen atoms in total. The Morgan fingerprint density at radius 1 is 0.648 bits per heavy atom. The molecule has 2 aromatic heterocycles. The summed E-state index contributed by atoms with van der Waals surface area (Å²) in [5.74, 6) is 3.68. The van der Waals surface area contributed by atoms with Gasteiger partial charge in [0.15, 0.2) is 0 Å². The van der Waals surface area contributed by atoms with Gasteiger partial charge in [-0.15, -0.1) is 0 Å². The molecule has 0 spiro atoms. The smallest absolute Gasteiger partial charge is 0.225 e. The fraction of sp³-hybridized carbons (Fsp3) is 0.333. The number of aromatic nitrogens is 4. The molecule has 0 saturated carbocycles. The number of ether oxygens (including phenoxy) is 2. The Morgan fingerprint density at radius 3 is 1.43 bits per heavy atom. The quantitative estimate of drug-likeness (QED) is 0.116. The summed E-state index contributed by atoms with van der Waals surface area (Å²) in [6, 6.07) is 22.3. The SMILES string of the molecule is CC(=O)C[C@@H](C)c1ccc(OC2CN(c3ncc(-c4ccc(F)cc4)cn3)C2)cc1.CC(=O)C[C@@H](C)c1ccc(OC2CN(c3ncc(Br)cn3)C2)cc1. The van der Waals surface area contributed by atoms with Gasteiger partial charge in [0.25, 0.3) is 0 Å². The van der Waals surface area contributed by atoms with Gasteiger partial charge < -0.3 is 28.9 Å². The maximum Gasteiger partial charge on any atom is 0.225 e. The van der Waals surface area contributed by atoms with Gasteiger partial charge in [0, 0.05) is 43.2 Å². The number of rotatable bonds is 13. The number of halogens is 2. The zero-order chi connectivity index (χ0) is 38.2. The molecule has 3 aromatic carbocycles. The molecule has 0 N–H and O–H groups in total. The molecule has 280 valence electrons. The number of nitrogens with zero attached hydrogens (tertiary/aromatic N) is 6. The predicted molar refractivity (Wildman–Crippen MR) is 211 cm³/mol. The predicted octanol–water partition coefficient (Wildman–Crippen LogP) is 8.22. The van der Waals surface area contributed by atoms with Crippen LogP contribution in [-0.4, -0.2) is 69.9 Å². The summed E-state index contributed by atoms with van der Waals surface area (Å²) in [6.07, 6.45) is 8.37. The Hall–Kier alpha value is -5.23. The van der Waals surface area contributed by atoms with E-state index in [1.807, 2.05) is 48.5 Å². The van der Waals surface area contributed by atoms with E-state index >= 15 is 0 Å². The molecule has 2 fully saturated rings. The minimum absolute atomic E-state index is 0.0888. The van der Waals surface area contributed by atoms with E-state index in [0.29, 0.717) is 18.8 Å². The van der Waals surface area contributed by atoms with E-state index in [2.05, 4.69) is 59.5 Å². The number of carbonyl (C=O) groups is 2. The molecule has 2 aliphatic heterocycles. The van der Waals surface area contributed by atoms with Gasteiger partial charge in [-0.1, -0.05) is 50.2 Å². The Labute approximate surface area is 323 Å². The molecule has 0 aliphatic carbocycles. The molecular formula is C42H44BrFN6O4. The molecule has 4 heterocycles. The molecule has 12 heteroatoms. The van der Waals surface area contributed by atoms with Crippen LogP contribution < -0.4 is 19.3 Å². The van der Waals surface area contributed by atoms with Crippen LogP contribution in [0.15, 0.2) is 102 Å². The third kappa shape index (κ3) is 10.5. The second kappa shape index (κ2) is 17.7. The van der Waals surface area contributed by atoms with E-state index in [9.17, 15) is 14.0 Å². The summed E-state index contributed by atoms with van der Waals surface area (Å²) in [6.45, 7) is 10.4. The Bertz CT molecular complexity index is 1990. The zero-order valence-corrected chi connectivity index (χ0v) is 32.4. The lowest BCUT2D eigenvalue weighted by molar-refractivity contribution is -0.118. The van der Waals surface area contributed by atoms with Gasteiger partial charge in [-0.25, -0.2) is 24.3 Å². The van der Waals surface area contributed by atoms with Crippen molar-refractivity contribution in [3.05, 3.63) is 119 Å². The number of ketones is 2. The first kappa shape index (κ1) is 38.5. The molecular weight excluding hydrogens is 751 g/mol. The van der Waals surface area contributed by atoms with Gasteiger partial charge in [-0.05, 0) is 94.7 Å².